The highest BCUT2D eigenvalue weighted by Crippen LogP contribution is 2.34. The quantitative estimate of drug-likeness (QED) is 0.777. The number of hydrogen-bond donors (Lipinski definition) is 3. The molecule has 0 bridgehead atoms. The van der Waals surface area contributed by atoms with Gasteiger partial charge in [-0.2, -0.15) is 0 Å². The van der Waals surface area contributed by atoms with Crippen LogP contribution in [0.2, 0.25) is 5.02 Å². The third-order valence-corrected chi connectivity index (χ3v) is 3.35. The molecule has 3 N–H and O–H groups in total. The lowest BCUT2D eigenvalue weighted by Crippen LogP contribution is -2.40. The van der Waals surface area contributed by atoms with Crippen molar-refractivity contribution in [2.24, 2.45) is 5.92 Å². The largest absolute Gasteiger partial charge is 0.481 e. The normalized spacial score (nSPS) is 15.6. The minimum absolute atomic E-state index is 0.0550. The van der Waals surface area contributed by atoms with E-state index in [1.165, 1.54) is 0 Å². The number of urea groups is 1. The van der Waals surface area contributed by atoms with E-state index in [2.05, 4.69) is 10.6 Å². The van der Waals surface area contributed by atoms with Gasteiger partial charge >= 0.3 is 12.0 Å². The predicted molar refractivity (Wildman–Crippen MR) is 72.4 cm³/mol. The van der Waals surface area contributed by atoms with Gasteiger partial charge in [-0.3, -0.25) is 4.79 Å². The molecule has 1 aromatic rings. The SMILES string of the molecule is O=C(O)CC(NC(=O)Nc1ccccc1Cl)C1CC1. The van der Waals surface area contributed by atoms with E-state index in [1.54, 1.807) is 24.3 Å². The summed E-state index contributed by atoms with van der Waals surface area (Å²) < 4.78 is 0. The van der Waals surface area contributed by atoms with Crippen molar-refractivity contribution in [3.8, 4) is 0 Å². The van der Waals surface area contributed by atoms with Gasteiger partial charge in [0.05, 0.1) is 17.1 Å². The van der Waals surface area contributed by atoms with E-state index in [0.29, 0.717) is 10.7 Å². The van der Waals surface area contributed by atoms with Crippen molar-refractivity contribution in [2.75, 3.05) is 5.32 Å². The number of benzene rings is 1. The van der Waals surface area contributed by atoms with Crippen LogP contribution in [0.1, 0.15) is 19.3 Å². The third-order valence-electron chi connectivity index (χ3n) is 3.02. The van der Waals surface area contributed by atoms with Crippen LogP contribution in [0.3, 0.4) is 0 Å². The van der Waals surface area contributed by atoms with Gasteiger partial charge < -0.3 is 15.7 Å². The van der Waals surface area contributed by atoms with E-state index in [1.807, 2.05) is 0 Å². The standard InChI is InChI=1S/C13H15ClN2O3/c14-9-3-1-2-4-10(9)15-13(19)16-11(7-12(17)18)8-5-6-8/h1-4,8,11H,5-7H2,(H,17,18)(H2,15,16,19). The Hall–Kier alpha value is -1.75. The first-order valence-electron chi connectivity index (χ1n) is 6.10. The van der Waals surface area contributed by atoms with Gasteiger partial charge in [0.25, 0.3) is 0 Å². The van der Waals surface area contributed by atoms with E-state index in [9.17, 15) is 9.59 Å². The summed E-state index contributed by atoms with van der Waals surface area (Å²) in [5, 5.41) is 14.6. The van der Waals surface area contributed by atoms with Crippen LogP contribution in [-0.4, -0.2) is 23.1 Å². The van der Waals surface area contributed by atoms with Crippen LogP contribution < -0.4 is 10.6 Å². The fourth-order valence-electron chi connectivity index (χ4n) is 1.91. The van der Waals surface area contributed by atoms with E-state index in [-0.39, 0.29) is 18.4 Å². The summed E-state index contributed by atoms with van der Waals surface area (Å²) in [6.45, 7) is 0. The fraction of sp³-hybridized carbons (Fsp3) is 0.385. The molecule has 1 saturated carbocycles. The molecule has 6 heteroatoms. The Kier molecular flexibility index (Phi) is 4.27. The number of carboxylic acid groups (broad SMARTS) is 1. The molecule has 102 valence electrons. The van der Waals surface area contributed by atoms with Crippen LogP contribution >= 0.6 is 11.6 Å². The molecule has 0 aromatic heterocycles. The lowest BCUT2D eigenvalue weighted by Gasteiger charge is -2.17. The Morgan fingerprint density at radius 2 is 2.05 bits per heavy atom. The molecule has 1 fully saturated rings. The van der Waals surface area contributed by atoms with Crippen molar-refractivity contribution in [3.05, 3.63) is 29.3 Å². The highest BCUT2D eigenvalue weighted by atomic mass is 35.5. The van der Waals surface area contributed by atoms with Crippen LogP contribution in [0.15, 0.2) is 24.3 Å². The highest BCUT2D eigenvalue weighted by Gasteiger charge is 2.33. The van der Waals surface area contributed by atoms with Crippen LogP contribution in [0, 0.1) is 5.92 Å². The maximum Gasteiger partial charge on any atom is 0.319 e. The second-order valence-electron chi connectivity index (χ2n) is 4.62. The molecule has 0 aliphatic heterocycles. The first-order chi connectivity index (χ1) is 9.06. The monoisotopic (exact) mass is 282 g/mol. The molecule has 1 aromatic carbocycles. The number of anilines is 1. The molecule has 1 atom stereocenters. The summed E-state index contributed by atoms with van der Waals surface area (Å²) in [7, 11) is 0. The molecular formula is C13H15ClN2O3. The average Bonchev–Trinajstić information content (AvgIpc) is 3.14. The second-order valence-corrected chi connectivity index (χ2v) is 5.03. The number of rotatable bonds is 5. The number of carbonyl (C=O) groups excluding carboxylic acids is 1. The first-order valence-corrected chi connectivity index (χ1v) is 6.48. The van der Waals surface area contributed by atoms with Crippen molar-refractivity contribution >= 4 is 29.3 Å². The fourth-order valence-corrected chi connectivity index (χ4v) is 2.09. The summed E-state index contributed by atoms with van der Waals surface area (Å²) >= 11 is 5.93. The zero-order valence-corrected chi connectivity index (χ0v) is 11.0. The Bertz CT molecular complexity index is 489. The number of para-hydroxylation sites is 1. The molecule has 0 saturated heterocycles. The van der Waals surface area contributed by atoms with E-state index in [4.69, 9.17) is 16.7 Å². The maximum absolute atomic E-state index is 11.8. The number of carbonyl (C=O) groups is 2. The van der Waals surface area contributed by atoms with Crippen LogP contribution in [0.25, 0.3) is 0 Å². The lowest BCUT2D eigenvalue weighted by molar-refractivity contribution is -0.137. The summed E-state index contributed by atoms with van der Waals surface area (Å²) in [4.78, 5) is 22.6. The Balaban J connectivity index is 1.92. The predicted octanol–water partition coefficient (Wildman–Crippen LogP) is 2.71. The summed E-state index contributed by atoms with van der Waals surface area (Å²) in [6.07, 6.45) is 1.87. The highest BCUT2D eigenvalue weighted by molar-refractivity contribution is 6.33. The average molecular weight is 283 g/mol. The number of amides is 2. The molecule has 19 heavy (non-hydrogen) atoms. The van der Waals surface area contributed by atoms with Gasteiger partial charge in [-0.05, 0) is 30.9 Å². The van der Waals surface area contributed by atoms with Crippen LogP contribution in [0.5, 0.6) is 0 Å². The first kappa shape index (κ1) is 13.7. The summed E-state index contributed by atoms with van der Waals surface area (Å²) in [5.41, 5.74) is 0.506. The smallest absolute Gasteiger partial charge is 0.319 e. The molecule has 1 aliphatic rings. The number of halogens is 1. The number of nitrogens with one attached hydrogen (secondary N) is 2. The van der Waals surface area contributed by atoms with E-state index < -0.39 is 12.0 Å². The van der Waals surface area contributed by atoms with Crippen molar-refractivity contribution in [3.63, 3.8) is 0 Å². The van der Waals surface area contributed by atoms with Gasteiger partial charge in [-0.15, -0.1) is 0 Å². The van der Waals surface area contributed by atoms with Crippen molar-refractivity contribution in [2.45, 2.75) is 25.3 Å². The Morgan fingerprint density at radius 3 is 2.63 bits per heavy atom. The van der Waals surface area contributed by atoms with Crippen LogP contribution in [0.4, 0.5) is 10.5 Å². The molecule has 2 amide bonds. The minimum Gasteiger partial charge on any atom is -0.481 e. The zero-order valence-electron chi connectivity index (χ0n) is 10.2. The summed E-state index contributed by atoms with van der Waals surface area (Å²) in [5.74, 6) is -0.636. The number of aliphatic carboxylic acids is 1. The molecule has 5 nitrogen and oxygen atoms in total. The lowest BCUT2D eigenvalue weighted by atomic mass is 10.1. The third kappa shape index (κ3) is 4.13. The van der Waals surface area contributed by atoms with Crippen molar-refractivity contribution < 1.29 is 14.7 Å². The van der Waals surface area contributed by atoms with Gasteiger partial charge in [0.2, 0.25) is 0 Å². The van der Waals surface area contributed by atoms with Gasteiger partial charge in [0.15, 0.2) is 0 Å². The molecule has 2 rings (SSSR count). The Morgan fingerprint density at radius 1 is 1.37 bits per heavy atom. The van der Waals surface area contributed by atoms with Crippen LogP contribution in [-0.2, 0) is 4.79 Å². The molecule has 1 unspecified atom stereocenters. The van der Waals surface area contributed by atoms with Crippen molar-refractivity contribution in [1.29, 1.82) is 0 Å². The summed E-state index contributed by atoms with van der Waals surface area (Å²) in [6, 6.07) is 6.14. The zero-order chi connectivity index (χ0) is 13.8. The minimum atomic E-state index is -0.907. The molecular weight excluding hydrogens is 268 g/mol. The van der Waals surface area contributed by atoms with E-state index in [0.717, 1.165) is 12.8 Å². The second kappa shape index (κ2) is 5.93. The van der Waals surface area contributed by atoms with E-state index >= 15 is 0 Å². The molecule has 1 aliphatic carbocycles. The molecule has 0 spiro atoms. The van der Waals surface area contributed by atoms with Crippen molar-refractivity contribution in [1.82, 2.24) is 5.32 Å². The topological polar surface area (TPSA) is 78.4 Å². The molecule has 0 radical (unpaired) electrons. The van der Waals surface area contributed by atoms with Gasteiger partial charge in [0, 0.05) is 6.04 Å². The maximum atomic E-state index is 11.8. The molecule has 0 heterocycles. The number of hydrogen-bond acceptors (Lipinski definition) is 2. The van der Waals surface area contributed by atoms with Gasteiger partial charge in [-0.1, -0.05) is 23.7 Å². The number of carboxylic acids is 1. The Labute approximate surface area is 116 Å². The van der Waals surface area contributed by atoms with Gasteiger partial charge in [-0.25, -0.2) is 4.79 Å². The van der Waals surface area contributed by atoms with Gasteiger partial charge in [0.1, 0.15) is 0 Å².